The summed E-state index contributed by atoms with van der Waals surface area (Å²) < 4.78 is 6.89. The number of hydrogen-bond donors (Lipinski definition) is 1. The van der Waals surface area contributed by atoms with Gasteiger partial charge in [0.05, 0.1) is 12.7 Å². The van der Waals surface area contributed by atoms with Gasteiger partial charge in [0.15, 0.2) is 0 Å². The van der Waals surface area contributed by atoms with E-state index in [1.165, 1.54) is 12.7 Å². The first-order valence-electron chi connectivity index (χ1n) is 7.21. The molecule has 0 saturated carbocycles. The number of aryl methyl sites for hydroxylation is 1. The molecule has 1 heterocycles. The number of esters is 1. The van der Waals surface area contributed by atoms with Crippen LogP contribution >= 0.6 is 0 Å². The Morgan fingerprint density at radius 1 is 1.33 bits per heavy atom. The van der Waals surface area contributed by atoms with E-state index in [0.29, 0.717) is 18.5 Å². The molecule has 0 aliphatic heterocycles. The van der Waals surface area contributed by atoms with Crippen LogP contribution in [0.4, 0.5) is 0 Å². The lowest BCUT2D eigenvalue weighted by Crippen LogP contribution is -2.11. The molecule has 4 nitrogen and oxygen atoms in total. The predicted molar refractivity (Wildman–Crippen MR) is 83.7 cm³/mol. The van der Waals surface area contributed by atoms with E-state index in [4.69, 9.17) is 9.84 Å². The zero-order chi connectivity index (χ0) is 15.6. The Bertz CT molecular complexity index is 650. The number of nitrogens with zero attached hydrogens (tertiary/aromatic N) is 1. The van der Waals surface area contributed by atoms with E-state index in [-0.39, 0.29) is 18.0 Å². The lowest BCUT2D eigenvalue weighted by molar-refractivity contribution is 0.0602. The largest absolute Gasteiger partial charge is 0.465 e. The number of aromatic nitrogens is 1. The van der Waals surface area contributed by atoms with E-state index in [9.17, 15) is 4.79 Å². The van der Waals surface area contributed by atoms with Crippen molar-refractivity contribution in [3.63, 3.8) is 0 Å². The van der Waals surface area contributed by atoms with Crippen LogP contribution in [0.5, 0.6) is 0 Å². The van der Waals surface area contributed by atoms with Crippen molar-refractivity contribution >= 4 is 16.9 Å². The Morgan fingerprint density at radius 3 is 2.62 bits per heavy atom. The monoisotopic (exact) mass is 289 g/mol. The molecule has 0 aliphatic carbocycles. The third-order valence-electron chi connectivity index (χ3n) is 3.71. The summed E-state index contributed by atoms with van der Waals surface area (Å²) in [6.45, 7) is 7.25. The standard InChI is InChI=1S/C17H23NO3/c1-17(2,3)12-6-7-15-13(10-12)14(16(20)21-4)11-18(15)8-5-9-19/h6-7,10-11,19H,5,8-9H2,1-4H3. The van der Waals surface area contributed by atoms with Crippen molar-refractivity contribution in [2.24, 2.45) is 0 Å². The molecule has 0 bridgehead atoms. The summed E-state index contributed by atoms with van der Waals surface area (Å²) in [5, 5.41) is 9.92. The molecule has 2 aromatic rings. The smallest absolute Gasteiger partial charge is 0.340 e. The van der Waals surface area contributed by atoms with Crippen LogP contribution in [0, 0.1) is 0 Å². The van der Waals surface area contributed by atoms with Crippen LogP contribution in [-0.4, -0.2) is 29.4 Å². The van der Waals surface area contributed by atoms with E-state index >= 15 is 0 Å². The van der Waals surface area contributed by atoms with Gasteiger partial charge in [-0.15, -0.1) is 0 Å². The number of aliphatic hydroxyl groups is 1. The van der Waals surface area contributed by atoms with Gasteiger partial charge >= 0.3 is 5.97 Å². The molecule has 4 heteroatoms. The highest BCUT2D eigenvalue weighted by Gasteiger charge is 2.19. The van der Waals surface area contributed by atoms with Crippen LogP contribution in [-0.2, 0) is 16.7 Å². The Labute approximate surface area is 125 Å². The Morgan fingerprint density at radius 2 is 2.05 bits per heavy atom. The molecule has 0 radical (unpaired) electrons. The SMILES string of the molecule is COC(=O)c1cn(CCCO)c2ccc(C(C)(C)C)cc12. The van der Waals surface area contributed by atoms with Crippen molar-refractivity contribution in [2.45, 2.75) is 39.2 Å². The van der Waals surface area contributed by atoms with E-state index in [1.807, 2.05) is 16.8 Å². The first-order chi connectivity index (χ1) is 9.88. The summed E-state index contributed by atoms with van der Waals surface area (Å²) in [6.07, 6.45) is 2.48. The van der Waals surface area contributed by atoms with Gasteiger partial charge in [0, 0.05) is 30.3 Å². The van der Waals surface area contributed by atoms with Crippen molar-refractivity contribution in [2.75, 3.05) is 13.7 Å². The fourth-order valence-electron chi connectivity index (χ4n) is 2.46. The number of rotatable bonds is 4. The minimum absolute atomic E-state index is 0.0226. The number of carbonyl (C=O) groups excluding carboxylic acids is 1. The number of carbonyl (C=O) groups is 1. The van der Waals surface area contributed by atoms with Gasteiger partial charge in [-0.25, -0.2) is 4.79 Å². The maximum Gasteiger partial charge on any atom is 0.340 e. The number of ether oxygens (including phenoxy) is 1. The lowest BCUT2D eigenvalue weighted by atomic mass is 9.86. The van der Waals surface area contributed by atoms with Crippen LogP contribution in [0.15, 0.2) is 24.4 Å². The van der Waals surface area contributed by atoms with Gasteiger partial charge in [0.25, 0.3) is 0 Å². The number of methoxy groups -OCH3 is 1. The van der Waals surface area contributed by atoms with Gasteiger partial charge in [0.1, 0.15) is 0 Å². The highest BCUT2D eigenvalue weighted by atomic mass is 16.5. The van der Waals surface area contributed by atoms with Crippen molar-refractivity contribution < 1.29 is 14.6 Å². The molecular formula is C17H23NO3. The van der Waals surface area contributed by atoms with Crippen molar-refractivity contribution in [3.05, 3.63) is 35.5 Å². The maximum atomic E-state index is 12.0. The minimum atomic E-state index is -0.325. The number of hydrogen-bond acceptors (Lipinski definition) is 3. The average molecular weight is 289 g/mol. The molecule has 0 atom stereocenters. The third kappa shape index (κ3) is 3.10. The van der Waals surface area contributed by atoms with Crippen LogP contribution < -0.4 is 0 Å². The van der Waals surface area contributed by atoms with E-state index in [1.54, 1.807) is 0 Å². The predicted octanol–water partition coefficient (Wildman–Crippen LogP) is 3.11. The molecule has 0 unspecified atom stereocenters. The molecule has 1 aromatic carbocycles. The molecule has 2 rings (SSSR count). The summed E-state index contributed by atoms with van der Waals surface area (Å²) in [5.41, 5.74) is 2.78. The van der Waals surface area contributed by atoms with E-state index in [2.05, 4.69) is 32.9 Å². The maximum absolute atomic E-state index is 12.0. The van der Waals surface area contributed by atoms with Gasteiger partial charge in [-0.3, -0.25) is 0 Å². The molecule has 114 valence electrons. The molecule has 0 amide bonds. The third-order valence-corrected chi connectivity index (χ3v) is 3.71. The summed E-state index contributed by atoms with van der Waals surface area (Å²) in [6, 6.07) is 6.20. The first-order valence-corrected chi connectivity index (χ1v) is 7.21. The molecular weight excluding hydrogens is 266 g/mol. The highest BCUT2D eigenvalue weighted by molar-refractivity contribution is 6.04. The Balaban J connectivity index is 2.61. The summed E-state index contributed by atoms with van der Waals surface area (Å²) >= 11 is 0. The second-order valence-corrected chi connectivity index (χ2v) is 6.29. The topological polar surface area (TPSA) is 51.5 Å². The van der Waals surface area contributed by atoms with Gasteiger partial charge in [-0.2, -0.15) is 0 Å². The molecule has 0 saturated heterocycles. The Hall–Kier alpha value is -1.81. The van der Waals surface area contributed by atoms with Crippen molar-refractivity contribution in [3.8, 4) is 0 Å². The molecule has 1 aromatic heterocycles. The molecule has 0 fully saturated rings. The van der Waals surface area contributed by atoms with Gasteiger partial charge < -0.3 is 14.4 Å². The number of fused-ring (bicyclic) bond motifs is 1. The zero-order valence-corrected chi connectivity index (χ0v) is 13.1. The molecule has 1 N–H and O–H groups in total. The second kappa shape index (κ2) is 5.90. The van der Waals surface area contributed by atoms with Gasteiger partial charge in [0.2, 0.25) is 0 Å². The molecule has 21 heavy (non-hydrogen) atoms. The summed E-state index contributed by atoms with van der Waals surface area (Å²) in [7, 11) is 1.40. The first kappa shape index (κ1) is 15.6. The molecule has 0 spiro atoms. The fraction of sp³-hybridized carbons (Fsp3) is 0.471. The quantitative estimate of drug-likeness (QED) is 0.880. The number of aliphatic hydroxyl groups excluding tert-OH is 1. The van der Waals surface area contributed by atoms with Gasteiger partial charge in [-0.1, -0.05) is 26.8 Å². The van der Waals surface area contributed by atoms with Gasteiger partial charge in [-0.05, 0) is 29.5 Å². The summed E-state index contributed by atoms with van der Waals surface area (Å²) in [5.74, 6) is -0.325. The summed E-state index contributed by atoms with van der Waals surface area (Å²) in [4.78, 5) is 12.0. The second-order valence-electron chi connectivity index (χ2n) is 6.29. The van der Waals surface area contributed by atoms with Crippen LogP contribution in [0.25, 0.3) is 10.9 Å². The fourth-order valence-corrected chi connectivity index (χ4v) is 2.46. The van der Waals surface area contributed by atoms with Crippen molar-refractivity contribution in [1.82, 2.24) is 4.57 Å². The zero-order valence-electron chi connectivity index (χ0n) is 13.1. The average Bonchev–Trinajstić information content (AvgIpc) is 2.81. The lowest BCUT2D eigenvalue weighted by Gasteiger charge is -2.19. The Kier molecular flexibility index (Phi) is 4.37. The normalized spacial score (nSPS) is 11.9. The molecule has 0 aliphatic rings. The van der Waals surface area contributed by atoms with Crippen molar-refractivity contribution in [1.29, 1.82) is 0 Å². The van der Waals surface area contributed by atoms with E-state index in [0.717, 1.165) is 10.9 Å². The van der Waals surface area contributed by atoms with Crippen LogP contribution in [0.2, 0.25) is 0 Å². The van der Waals surface area contributed by atoms with E-state index < -0.39 is 0 Å². The van der Waals surface area contributed by atoms with Crippen LogP contribution in [0.3, 0.4) is 0 Å². The number of benzene rings is 1. The van der Waals surface area contributed by atoms with Crippen LogP contribution in [0.1, 0.15) is 43.1 Å². The highest BCUT2D eigenvalue weighted by Crippen LogP contribution is 2.29. The minimum Gasteiger partial charge on any atom is -0.465 e.